The van der Waals surface area contributed by atoms with Gasteiger partial charge in [0.25, 0.3) is 11.5 Å². The molecular weight excluding hydrogens is 478 g/mol. The Bertz CT molecular complexity index is 1560. The average Bonchev–Trinajstić information content (AvgIpc) is 3.62. The van der Waals surface area contributed by atoms with E-state index in [-0.39, 0.29) is 36.1 Å². The van der Waals surface area contributed by atoms with Crippen molar-refractivity contribution in [2.75, 3.05) is 5.75 Å². The van der Waals surface area contributed by atoms with Gasteiger partial charge in [-0.3, -0.25) is 19.0 Å². The van der Waals surface area contributed by atoms with Crippen LogP contribution in [0.1, 0.15) is 32.2 Å². The lowest BCUT2D eigenvalue weighted by atomic mass is 10.1. The molecule has 5 rings (SSSR count). The number of rotatable bonds is 9. The van der Waals surface area contributed by atoms with Crippen LogP contribution >= 0.6 is 11.8 Å². The van der Waals surface area contributed by atoms with Crippen LogP contribution in [0.3, 0.4) is 0 Å². The molecule has 0 radical (unpaired) electrons. The van der Waals surface area contributed by atoms with Gasteiger partial charge in [0.15, 0.2) is 10.9 Å². The van der Waals surface area contributed by atoms with E-state index >= 15 is 0 Å². The molecule has 0 aliphatic carbocycles. The molecule has 180 valence electrons. The second-order valence-electron chi connectivity index (χ2n) is 7.94. The van der Waals surface area contributed by atoms with Crippen molar-refractivity contribution < 1.29 is 18.4 Å². The van der Waals surface area contributed by atoms with Crippen LogP contribution < -0.4 is 10.9 Å². The Balaban J connectivity index is 1.46. The number of carbonyl (C=O) groups is 2. The summed E-state index contributed by atoms with van der Waals surface area (Å²) in [5.41, 5.74) is 1.03. The maximum absolute atomic E-state index is 13.4. The van der Waals surface area contributed by atoms with Gasteiger partial charge in [0.2, 0.25) is 0 Å². The number of aromatic nitrogens is 2. The van der Waals surface area contributed by atoms with E-state index in [4.69, 9.17) is 8.83 Å². The third kappa shape index (κ3) is 5.16. The normalized spacial score (nSPS) is 11.0. The number of hydrogen-bond donors (Lipinski definition) is 1. The molecule has 36 heavy (non-hydrogen) atoms. The molecule has 5 aromatic rings. The van der Waals surface area contributed by atoms with Crippen molar-refractivity contribution in [1.82, 2.24) is 14.9 Å². The number of Topliss-reactive ketones (excluding diaryl/α,β-unsaturated/α-hetero) is 1. The molecule has 0 aliphatic rings. The number of benzene rings is 2. The van der Waals surface area contributed by atoms with E-state index in [0.717, 1.165) is 0 Å². The molecule has 3 heterocycles. The van der Waals surface area contributed by atoms with Gasteiger partial charge in [-0.15, -0.1) is 0 Å². The third-order valence-corrected chi connectivity index (χ3v) is 6.48. The van der Waals surface area contributed by atoms with Gasteiger partial charge in [-0.2, -0.15) is 0 Å². The fraction of sp³-hybridized carbons (Fsp3) is 0.111. The van der Waals surface area contributed by atoms with Crippen LogP contribution in [0.5, 0.6) is 0 Å². The SMILES string of the molecule is O=C(CSc1nc2cc(C(=O)NCc3ccco3)ccc2c(=O)n1Cc1ccco1)c1ccccc1. The van der Waals surface area contributed by atoms with Gasteiger partial charge in [-0.05, 0) is 42.5 Å². The lowest BCUT2D eigenvalue weighted by Crippen LogP contribution is -2.25. The summed E-state index contributed by atoms with van der Waals surface area (Å²) in [6.45, 7) is 0.409. The Hall–Kier alpha value is -4.37. The first-order valence-corrected chi connectivity index (χ1v) is 12.2. The summed E-state index contributed by atoms with van der Waals surface area (Å²) < 4.78 is 12.2. The van der Waals surface area contributed by atoms with Gasteiger partial charge in [-0.25, -0.2) is 4.98 Å². The molecule has 1 amide bonds. The molecule has 1 N–H and O–H groups in total. The summed E-state index contributed by atoms with van der Waals surface area (Å²) in [4.78, 5) is 43.5. The van der Waals surface area contributed by atoms with E-state index in [1.807, 2.05) is 6.07 Å². The molecule has 0 spiro atoms. The van der Waals surface area contributed by atoms with E-state index in [0.29, 0.717) is 38.7 Å². The molecule has 0 bridgehead atoms. The van der Waals surface area contributed by atoms with E-state index in [1.165, 1.54) is 28.9 Å². The minimum Gasteiger partial charge on any atom is -0.467 e. The molecule has 0 atom stereocenters. The number of carbonyl (C=O) groups excluding carboxylic acids is 2. The highest BCUT2D eigenvalue weighted by Gasteiger charge is 2.17. The largest absolute Gasteiger partial charge is 0.467 e. The van der Waals surface area contributed by atoms with Crippen molar-refractivity contribution in [2.45, 2.75) is 18.2 Å². The van der Waals surface area contributed by atoms with Gasteiger partial charge in [0.05, 0.1) is 42.3 Å². The Morgan fingerprint density at radius 3 is 2.36 bits per heavy atom. The third-order valence-electron chi connectivity index (χ3n) is 5.51. The number of thioether (sulfide) groups is 1. The van der Waals surface area contributed by atoms with E-state index in [9.17, 15) is 14.4 Å². The monoisotopic (exact) mass is 499 g/mol. The van der Waals surface area contributed by atoms with Crippen LogP contribution in [0.4, 0.5) is 0 Å². The number of amides is 1. The molecule has 0 aliphatic heterocycles. The van der Waals surface area contributed by atoms with Crippen molar-refractivity contribution >= 4 is 34.4 Å². The summed E-state index contributed by atoms with van der Waals surface area (Å²) >= 11 is 1.17. The van der Waals surface area contributed by atoms with Gasteiger partial charge in [0.1, 0.15) is 11.5 Å². The van der Waals surface area contributed by atoms with E-state index < -0.39 is 0 Å². The van der Waals surface area contributed by atoms with Gasteiger partial charge in [-0.1, -0.05) is 42.1 Å². The fourth-order valence-electron chi connectivity index (χ4n) is 3.67. The van der Waals surface area contributed by atoms with E-state index in [1.54, 1.807) is 66.7 Å². The molecular formula is C27H21N3O5S. The van der Waals surface area contributed by atoms with Crippen molar-refractivity contribution in [3.8, 4) is 0 Å². The lowest BCUT2D eigenvalue weighted by Gasteiger charge is -2.13. The van der Waals surface area contributed by atoms with Crippen LogP contribution in [0.25, 0.3) is 10.9 Å². The van der Waals surface area contributed by atoms with Crippen molar-refractivity contribution in [1.29, 1.82) is 0 Å². The summed E-state index contributed by atoms with van der Waals surface area (Å²) in [7, 11) is 0. The molecule has 0 unspecified atom stereocenters. The number of nitrogens with zero attached hydrogens (tertiary/aromatic N) is 2. The minimum absolute atomic E-state index is 0.0782. The Labute approximate surface area is 210 Å². The first-order valence-electron chi connectivity index (χ1n) is 11.2. The smallest absolute Gasteiger partial charge is 0.262 e. The van der Waals surface area contributed by atoms with Gasteiger partial charge < -0.3 is 14.2 Å². The standard InChI is InChI=1S/C27H21N3O5S/c31-24(18-6-2-1-3-7-18)17-36-27-29-23-14-19(25(32)28-15-20-8-4-12-34-20)10-11-22(23)26(33)30(27)16-21-9-5-13-35-21/h1-14H,15-17H2,(H,28,32). The van der Waals surface area contributed by atoms with Crippen LogP contribution in [-0.4, -0.2) is 27.0 Å². The highest BCUT2D eigenvalue weighted by Crippen LogP contribution is 2.21. The Morgan fingerprint density at radius 2 is 1.64 bits per heavy atom. The Morgan fingerprint density at radius 1 is 0.889 bits per heavy atom. The maximum atomic E-state index is 13.4. The van der Waals surface area contributed by atoms with E-state index in [2.05, 4.69) is 10.3 Å². The second kappa shape index (κ2) is 10.5. The minimum atomic E-state index is -0.316. The van der Waals surface area contributed by atoms with Gasteiger partial charge >= 0.3 is 0 Å². The Kier molecular flexibility index (Phi) is 6.81. The summed E-state index contributed by atoms with van der Waals surface area (Å²) in [5.74, 6) is 0.922. The van der Waals surface area contributed by atoms with Crippen LogP contribution in [-0.2, 0) is 13.1 Å². The number of furan rings is 2. The highest BCUT2D eigenvalue weighted by atomic mass is 32.2. The number of nitrogens with one attached hydrogen (secondary N) is 1. The summed E-state index contributed by atoms with van der Waals surface area (Å²) in [5, 5.41) is 3.51. The molecule has 8 nitrogen and oxygen atoms in total. The molecule has 2 aromatic carbocycles. The molecule has 3 aromatic heterocycles. The average molecular weight is 500 g/mol. The zero-order valence-corrected chi connectivity index (χ0v) is 19.9. The van der Waals surface area contributed by atoms with Crippen molar-refractivity contribution in [3.05, 3.63) is 118 Å². The zero-order valence-electron chi connectivity index (χ0n) is 19.0. The second-order valence-corrected chi connectivity index (χ2v) is 8.88. The number of hydrogen-bond acceptors (Lipinski definition) is 7. The number of ketones is 1. The predicted octanol–water partition coefficient (Wildman–Crippen LogP) is 4.54. The van der Waals surface area contributed by atoms with Crippen molar-refractivity contribution in [3.63, 3.8) is 0 Å². The zero-order chi connectivity index (χ0) is 24.9. The first-order chi connectivity index (χ1) is 17.6. The number of fused-ring (bicyclic) bond motifs is 1. The van der Waals surface area contributed by atoms with Crippen LogP contribution in [0, 0.1) is 0 Å². The van der Waals surface area contributed by atoms with Crippen LogP contribution in [0.15, 0.2) is 104 Å². The van der Waals surface area contributed by atoms with Gasteiger partial charge in [0, 0.05) is 11.1 Å². The fourth-order valence-corrected chi connectivity index (χ4v) is 4.56. The summed E-state index contributed by atoms with van der Waals surface area (Å²) in [6, 6.07) is 20.7. The first kappa shape index (κ1) is 23.4. The summed E-state index contributed by atoms with van der Waals surface area (Å²) in [6.07, 6.45) is 3.07. The van der Waals surface area contributed by atoms with Crippen molar-refractivity contribution in [2.24, 2.45) is 0 Å². The molecule has 0 fully saturated rings. The molecule has 0 saturated carbocycles. The predicted molar refractivity (Wildman–Crippen MR) is 135 cm³/mol. The lowest BCUT2D eigenvalue weighted by molar-refractivity contribution is 0.0947. The highest BCUT2D eigenvalue weighted by molar-refractivity contribution is 7.99. The molecule has 0 saturated heterocycles. The maximum Gasteiger partial charge on any atom is 0.262 e. The van der Waals surface area contributed by atoms with Crippen LogP contribution in [0.2, 0.25) is 0 Å². The molecule has 9 heteroatoms. The topological polar surface area (TPSA) is 107 Å². The quantitative estimate of drug-likeness (QED) is 0.180.